The Balaban J connectivity index is 3.43. The first-order valence-corrected chi connectivity index (χ1v) is 4.16. The number of rotatable bonds is 1. The Morgan fingerprint density at radius 3 is 2.12 bits per heavy atom. The van der Waals surface area contributed by atoms with Gasteiger partial charge in [0.2, 0.25) is 0 Å². The van der Waals surface area contributed by atoms with Crippen molar-refractivity contribution in [1.82, 2.24) is 4.57 Å². The molecule has 1 rings (SSSR count). The van der Waals surface area contributed by atoms with Crippen LogP contribution < -0.4 is 5.56 Å². The lowest BCUT2D eigenvalue weighted by Gasteiger charge is -2.14. The van der Waals surface area contributed by atoms with E-state index in [4.69, 9.17) is 0 Å². The van der Waals surface area contributed by atoms with Crippen LogP contribution in [0.3, 0.4) is 0 Å². The molecule has 1 aromatic rings. The van der Waals surface area contributed by atoms with Gasteiger partial charge in [-0.15, -0.1) is 0 Å². The van der Waals surface area contributed by atoms with Gasteiger partial charge >= 0.3 is 12.4 Å². The van der Waals surface area contributed by atoms with E-state index in [2.05, 4.69) is 0 Å². The predicted octanol–water partition coefficient (Wildman–Crippen LogP) is 2.81. The number of hydrogen-bond donors (Lipinski definition) is 0. The molecule has 0 atom stereocenters. The summed E-state index contributed by atoms with van der Waals surface area (Å²) in [7, 11) is 0. The van der Waals surface area contributed by atoms with Crippen molar-refractivity contribution in [3.05, 3.63) is 40.8 Å². The minimum Gasteiger partial charge on any atom is -0.279 e. The fraction of sp³-hybridized carbons (Fsp3) is 0.222. The number of halogens is 6. The van der Waals surface area contributed by atoms with E-state index in [0.29, 0.717) is 6.20 Å². The van der Waals surface area contributed by atoms with Crippen molar-refractivity contribution in [2.45, 2.75) is 12.4 Å². The lowest BCUT2D eigenvalue weighted by Crippen LogP contribution is -2.27. The highest BCUT2D eigenvalue weighted by atomic mass is 19.4. The van der Waals surface area contributed by atoms with Gasteiger partial charge in [-0.2, -0.15) is 26.3 Å². The van der Waals surface area contributed by atoms with Crippen molar-refractivity contribution in [3.63, 3.8) is 0 Å². The van der Waals surface area contributed by atoms with Gasteiger partial charge in [-0.25, -0.2) is 0 Å². The average Bonchev–Trinajstić information content (AvgIpc) is 2.12. The summed E-state index contributed by atoms with van der Waals surface area (Å²) in [6.45, 7) is 0. The van der Waals surface area contributed by atoms with Crippen molar-refractivity contribution in [1.29, 1.82) is 0 Å². The highest BCUT2D eigenvalue weighted by Gasteiger charge is 2.40. The second-order valence-electron chi connectivity index (χ2n) is 2.98. The highest BCUT2D eigenvalue weighted by molar-refractivity contribution is 5.51. The highest BCUT2D eigenvalue weighted by Crippen LogP contribution is 2.32. The quantitative estimate of drug-likeness (QED) is 0.709. The second kappa shape index (κ2) is 4.27. The third kappa shape index (κ3) is 3.65. The van der Waals surface area contributed by atoms with E-state index in [1.807, 2.05) is 0 Å². The zero-order chi connectivity index (χ0) is 13.3. The van der Waals surface area contributed by atoms with E-state index < -0.39 is 29.7 Å². The minimum absolute atomic E-state index is 0.104. The second-order valence-corrected chi connectivity index (χ2v) is 2.98. The molecule has 0 amide bonds. The van der Waals surface area contributed by atoms with Crippen LogP contribution in [-0.2, 0) is 0 Å². The number of nitrogens with zero attached hydrogens (tertiary/aromatic N) is 1. The normalized spacial score (nSPS) is 13.9. The molecule has 0 aliphatic heterocycles. The van der Waals surface area contributed by atoms with Gasteiger partial charge in [-0.3, -0.25) is 9.36 Å². The Morgan fingerprint density at radius 2 is 1.71 bits per heavy atom. The molecule has 0 unspecified atom stereocenters. The van der Waals surface area contributed by atoms with Gasteiger partial charge in [0.25, 0.3) is 5.56 Å². The van der Waals surface area contributed by atoms with Crippen molar-refractivity contribution in [3.8, 4) is 0 Å². The van der Waals surface area contributed by atoms with Crippen LogP contribution in [0.15, 0.2) is 35.3 Å². The first-order chi connectivity index (χ1) is 7.61. The Morgan fingerprint density at radius 1 is 1.12 bits per heavy atom. The zero-order valence-electron chi connectivity index (χ0n) is 8.01. The molecular formula is C9H5F6NO. The smallest absolute Gasteiger partial charge is 0.279 e. The monoisotopic (exact) mass is 257 g/mol. The van der Waals surface area contributed by atoms with Gasteiger partial charge in [-0.1, -0.05) is 6.07 Å². The molecule has 1 heterocycles. The van der Waals surface area contributed by atoms with E-state index in [1.54, 1.807) is 0 Å². The van der Waals surface area contributed by atoms with Crippen LogP contribution in [0.1, 0.15) is 0 Å². The Bertz CT molecular complexity index is 481. The van der Waals surface area contributed by atoms with Crippen LogP contribution >= 0.6 is 0 Å². The lowest BCUT2D eigenvalue weighted by molar-refractivity contribution is -0.0939. The summed E-state index contributed by atoms with van der Waals surface area (Å²) >= 11 is 0. The SMILES string of the molecule is O=c1ccccn1C(=CC(F)(F)F)C(F)(F)F. The molecule has 0 N–H and O–H groups in total. The third-order valence-corrected chi connectivity index (χ3v) is 1.67. The minimum atomic E-state index is -5.28. The number of hydrogen-bond acceptors (Lipinski definition) is 1. The molecule has 0 aliphatic carbocycles. The van der Waals surface area contributed by atoms with Crippen molar-refractivity contribution < 1.29 is 26.3 Å². The molecule has 0 aromatic carbocycles. The Hall–Kier alpha value is -1.73. The molecule has 2 nitrogen and oxygen atoms in total. The average molecular weight is 257 g/mol. The van der Waals surface area contributed by atoms with Crippen molar-refractivity contribution in [2.24, 2.45) is 0 Å². The summed E-state index contributed by atoms with van der Waals surface area (Å²) in [5.74, 6) is 0. The summed E-state index contributed by atoms with van der Waals surface area (Å²) in [5.41, 5.74) is -3.27. The molecule has 1 aromatic heterocycles. The summed E-state index contributed by atoms with van der Waals surface area (Å²) < 4.78 is 72.9. The topological polar surface area (TPSA) is 22.0 Å². The van der Waals surface area contributed by atoms with Crippen LogP contribution in [0.25, 0.3) is 5.70 Å². The molecule has 17 heavy (non-hydrogen) atoms. The van der Waals surface area contributed by atoms with Crippen LogP contribution in [0.4, 0.5) is 26.3 Å². The summed E-state index contributed by atoms with van der Waals surface area (Å²) in [6.07, 6.45) is -10.8. The summed E-state index contributed by atoms with van der Waals surface area (Å²) in [4.78, 5) is 11.0. The first kappa shape index (κ1) is 13.3. The summed E-state index contributed by atoms with van der Waals surface area (Å²) in [5, 5.41) is 0. The maximum Gasteiger partial charge on any atom is 0.431 e. The van der Waals surface area contributed by atoms with Gasteiger partial charge in [0.1, 0.15) is 5.70 Å². The zero-order valence-corrected chi connectivity index (χ0v) is 8.01. The molecule has 0 saturated carbocycles. The Labute approximate surface area is 90.8 Å². The fourth-order valence-corrected chi connectivity index (χ4v) is 1.07. The molecule has 94 valence electrons. The van der Waals surface area contributed by atoms with E-state index in [9.17, 15) is 31.1 Å². The number of pyridine rings is 1. The largest absolute Gasteiger partial charge is 0.431 e. The van der Waals surface area contributed by atoms with Crippen molar-refractivity contribution >= 4 is 5.70 Å². The maximum atomic E-state index is 12.4. The van der Waals surface area contributed by atoms with Gasteiger partial charge < -0.3 is 0 Å². The number of allylic oxidation sites excluding steroid dienone is 2. The van der Waals surface area contributed by atoms with Crippen molar-refractivity contribution in [2.75, 3.05) is 0 Å². The molecule has 0 saturated heterocycles. The molecule has 0 spiro atoms. The molecule has 0 fully saturated rings. The van der Waals surface area contributed by atoms with Crippen LogP contribution in [0, 0.1) is 0 Å². The molecule has 0 radical (unpaired) electrons. The van der Waals surface area contributed by atoms with Crippen LogP contribution in [0.5, 0.6) is 0 Å². The Kier molecular flexibility index (Phi) is 3.35. The number of aromatic nitrogens is 1. The summed E-state index contributed by atoms with van der Waals surface area (Å²) in [6, 6.07) is 2.88. The molecular weight excluding hydrogens is 252 g/mol. The lowest BCUT2D eigenvalue weighted by atomic mass is 10.3. The van der Waals surface area contributed by atoms with Gasteiger partial charge in [-0.05, 0) is 6.07 Å². The van der Waals surface area contributed by atoms with E-state index in [1.165, 1.54) is 0 Å². The van der Waals surface area contributed by atoms with Crippen LogP contribution in [0.2, 0.25) is 0 Å². The molecule has 0 aliphatic rings. The maximum absolute atomic E-state index is 12.4. The van der Waals surface area contributed by atoms with Gasteiger partial charge in [0.15, 0.2) is 0 Å². The molecule has 8 heteroatoms. The van der Waals surface area contributed by atoms with Crippen LogP contribution in [-0.4, -0.2) is 16.9 Å². The van der Waals surface area contributed by atoms with Gasteiger partial charge in [0, 0.05) is 18.3 Å². The van der Waals surface area contributed by atoms with E-state index in [0.717, 1.165) is 18.2 Å². The predicted molar refractivity (Wildman–Crippen MR) is 47.1 cm³/mol. The molecule has 0 bridgehead atoms. The number of alkyl halides is 6. The fourth-order valence-electron chi connectivity index (χ4n) is 1.07. The first-order valence-electron chi connectivity index (χ1n) is 4.16. The van der Waals surface area contributed by atoms with E-state index >= 15 is 0 Å². The van der Waals surface area contributed by atoms with E-state index in [-0.39, 0.29) is 4.57 Å². The standard InChI is InChI=1S/C9H5F6NO/c10-8(11,12)5-6(9(13,14)15)16-4-2-1-3-7(16)17/h1-5H. The third-order valence-electron chi connectivity index (χ3n) is 1.67. The van der Waals surface area contributed by atoms with Gasteiger partial charge in [0.05, 0.1) is 0 Å².